The van der Waals surface area contributed by atoms with Crippen LogP contribution in [0.4, 0.5) is 5.69 Å². The fraction of sp³-hybridized carbons (Fsp3) is 0.286. The Labute approximate surface area is 225 Å². The van der Waals surface area contributed by atoms with Crippen LogP contribution in [0.15, 0.2) is 67.0 Å². The van der Waals surface area contributed by atoms with Gasteiger partial charge in [-0.15, -0.1) is 0 Å². The molecule has 6 rings (SSSR count). The number of ether oxygens (including phenoxy) is 1. The van der Waals surface area contributed by atoms with Crippen LogP contribution < -0.4 is 20.7 Å². The molecule has 1 atom stereocenters. The molecule has 2 aromatic heterocycles. The van der Waals surface area contributed by atoms with E-state index in [-0.39, 0.29) is 11.9 Å². The van der Waals surface area contributed by atoms with Crippen LogP contribution in [0.5, 0.6) is 5.75 Å². The molecule has 9 nitrogen and oxygen atoms in total. The second-order valence-electron chi connectivity index (χ2n) is 9.60. The van der Waals surface area contributed by atoms with Gasteiger partial charge in [0.2, 0.25) is 0 Å². The lowest BCUT2D eigenvalue weighted by Gasteiger charge is -2.37. The smallest absolute Gasteiger partial charge is 0.251 e. The lowest BCUT2D eigenvalue weighted by atomic mass is 9.87. The summed E-state index contributed by atoms with van der Waals surface area (Å²) in [6.45, 7) is 2.17. The molecule has 1 amide bonds. The second kappa shape index (κ2) is 10.4. The summed E-state index contributed by atoms with van der Waals surface area (Å²) in [6.07, 6.45) is 5.77. The van der Waals surface area contributed by atoms with Gasteiger partial charge in [-0.3, -0.25) is 14.9 Å². The van der Waals surface area contributed by atoms with Gasteiger partial charge in [-0.2, -0.15) is 5.10 Å². The third-order valence-electron chi connectivity index (χ3n) is 7.17. The number of aromatic nitrogens is 4. The van der Waals surface area contributed by atoms with Crippen LogP contribution in [-0.4, -0.2) is 45.8 Å². The molecule has 2 aromatic carbocycles. The highest BCUT2D eigenvalue weighted by molar-refractivity contribution is 6.32. The zero-order chi connectivity index (χ0) is 26.0. The number of para-hydroxylation sites is 1. The van der Waals surface area contributed by atoms with E-state index >= 15 is 0 Å². The fourth-order valence-electron chi connectivity index (χ4n) is 5.17. The number of hydrogen-bond acceptors (Lipinski definition) is 7. The number of carbonyl (C=O) groups is 1. The van der Waals surface area contributed by atoms with E-state index in [0.29, 0.717) is 35.2 Å². The Balaban J connectivity index is 1.23. The van der Waals surface area contributed by atoms with E-state index in [1.54, 1.807) is 18.5 Å². The maximum atomic E-state index is 13.3. The van der Waals surface area contributed by atoms with Crippen LogP contribution in [0.3, 0.4) is 0 Å². The number of hydrogen-bond donors (Lipinski definition) is 4. The molecule has 2 aliphatic rings. The summed E-state index contributed by atoms with van der Waals surface area (Å²) < 4.78 is 5.74. The minimum Gasteiger partial charge on any atom is -0.492 e. The molecule has 4 aromatic rings. The fourth-order valence-corrected chi connectivity index (χ4v) is 5.41. The average molecular weight is 530 g/mol. The van der Waals surface area contributed by atoms with Gasteiger partial charge in [0.15, 0.2) is 11.6 Å². The highest BCUT2D eigenvalue weighted by atomic mass is 35.5. The van der Waals surface area contributed by atoms with Gasteiger partial charge < -0.3 is 20.7 Å². The molecule has 0 unspecified atom stereocenters. The molecular weight excluding hydrogens is 502 g/mol. The molecule has 0 bridgehead atoms. The monoisotopic (exact) mass is 529 g/mol. The number of benzene rings is 2. The molecule has 0 saturated carbocycles. The van der Waals surface area contributed by atoms with Gasteiger partial charge >= 0.3 is 0 Å². The molecule has 0 aliphatic carbocycles. The Morgan fingerprint density at radius 2 is 1.89 bits per heavy atom. The average Bonchev–Trinajstić information content (AvgIpc) is 3.46. The van der Waals surface area contributed by atoms with Crippen molar-refractivity contribution in [2.24, 2.45) is 0 Å². The summed E-state index contributed by atoms with van der Waals surface area (Å²) in [7, 11) is 0. The van der Waals surface area contributed by atoms with Gasteiger partial charge in [-0.05, 0) is 62.3 Å². The van der Waals surface area contributed by atoms with E-state index in [9.17, 15) is 4.79 Å². The highest BCUT2D eigenvalue weighted by Gasteiger charge is 2.37. The number of H-pyrrole nitrogens is 1. The Hall–Kier alpha value is -3.95. The van der Waals surface area contributed by atoms with Crippen LogP contribution in [-0.2, 0) is 5.54 Å². The summed E-state index contributed by atoms with van der Waals surface area (Å²) in [4.78, 5) is 22.2. The lowest BCUT2D eigenvalue weighted by Crippen LogP contribution is -2.46. The first-order chi connectivity index (χ1) is 18.6. The number of aromatic amines is 1. The van der Waals surface area contributed by atoms with Crippen LogP contribution in [0.1, 0.15) is 47.1 Å². The SMILES string of the molecule is O=C(N[C@H]1CCOc2c(Cl)cccc21)c1cccc(NC2(c3nc(-c4ccncc4)n[nH]3)CCNCC2)c1. The normalized spacial score (nSPS) is 18.2. The molecular formula is C28H28ClN7O2. The Morgan fingerprint density at radius 3 is 2.74 bits per heavy atom. The predicted molar refractivity (Wildman–Crippen MR) is 145 cm³/mol. The largest absolute Gasteiger partial charge is 0.492 e. The van der Waals surface area contributed by atoms with Crippen LogP contribution >= 0.6 is 11.6 Å². The first-order valence-corrected chi connectivity index (χ1v) is 13.1. The number of halogens is 1. The minimum atomic E-state index is -0.449. The van der Waals surface area contributed by atoms with Crippen molar-refractivity contribution >= 4 is 23.2 Å². The molecule has 0 spiro atoms. The summed E-state index contributed by atoms with van der Waals surface area (Å²) in [5.74, 6) is 1.90. The second-order valence-corrected chi connectivity index (χ2v) is 10.0. The van der Waals surface area contributed by atoms with Gasteiger partial charge in [-0.25, -0.2) is 4.98 Å². The molecule has 194 valence electrons. The van der Waals surface area contributed by atoms with Crippen LogP contribution in [0.2, 0.25) is 5.02 Å². The first kappa shape index (κ1) is 24.4. The zero-order valence-corrected chi connectivity index (χ0v) is 21.5. The molecule has 38 heavy (non-hydrogen) atoms. The molecule has 4 N–H and O–H groups in total. The number of pyridine rings is 1. The Bertz CT molecular complexity index is 1440. The van der Waals surface area contributed by atoms with E-state index in [2.05, 4.69) is 31.1 Å². The summed E-state index contributed by atoms with van der Waals surface area (Å²) in [5.41, 5.74) is 2.77. The third-order valence-corrected chi connectivity index (χ3v) is 7.47. The van der Waals surface area contributed by atoms with Crippen molar-refractivity contribution in [1.82, 2.24) is 30.8 Å². The summed E-state index contributed by atoms with van der Waals surface area (Å²) >= 11 is 6.31. The molecule has 4 heterocycles. The maximum Gasteiger partial charge on any atom is 0.251 e. The number of amides is 1. The third kappa shape index (κ3) is 4.82. The van der Waals surface area contributed by atoms with E-state index in [4.69, 9.17) is 21.3 Å². The van der Waals surface area contributed by atoms with Gasteiger partial charge in [0, 0.05) is 41.2 Å². The zero-order valence-electron chi connectivity index (χ0n) is 20.7. The van der Waals surface area contributed by atoms with Crippen LogP contribution in [0.25, 0.3) is 11.4 Å². The lowest BCUT2D eigenvalue weighted by molar-refractivity contribution is 0.0925. The molecule has 10 heteroatoms. The molecule has 2 aliphatic heterocycles. The van der Waals surface area contributed by atoms with E-state index < -0.39 is 5.54 Å². The van der Waals surface area contributed by atoms with Crippen molar-refractivity contribution in [3.05, 3.63) is 89.0 Å². The highest BCUT2D eigenvalue weighted by Crippen LogP contribution is 2.38. The summed E-state index contributed by atoms with van der Waals surface area (Å²) in [6, 6.07) is 16.8. The van der Waals surface area contributed by atoms with Crippen molar-refractivity contribution in [3.8, 4) is 17.1 Å². The van der Waals surface area contributed by atoms with Crippen molar-refractivity contribution in [2.75, 3.05) is 25.0 Å². The topological polar surface area (TPSA) is 117 Å². The van der Waals surface area contributed by atoms with E-state index in [0.717, 1.165) is 48.6 Å². The van der Waals surface area contributed by atoms with Crippen LogP contribution in [0, 0.1) is 0 Å². The van der Waals surface area contributed by atoms with Crippen molar-refractivity contribution < 1.29 is 9.53 Å². The molecule has 1 fully saturated rings. The number of fused-ring (bicyclic) bond motifs is 1. The maximum absolute atomic E-state index is 13.3. The number of anilines is 1. The first-order valence-electron chi connectivity index (χ1n) is 12.8. The summed E-state index contributed by atoms with van der Waals surface area (Å²) in [5, 5.41) is 18.5. The number of piperidine rings is 1. The van der Waals surface area contributed by atoms with E-state index in [1.165, 1.54) is 0 Å². The number of nitrogens with zero attached hydrogens (tertiary/aromatic N) is 3. The Morgan fingerprint density at radius 1 is 1.08 bits per heavy atom. The van der Waals surface area contributed by atoms with Crippen molar-refractivity contribution in [2.45, 2.75) is 30.8 Å². The van der Waals surface area contributed by atoms with Gasteiger partial charge in [0.25, 0.3) is 5.91 Å². The quantitative estimate of drug-likeness (QED) is 0.291. The van der Waals surface area contributed by atoms with Crippen molar-refractivity contribution in [1.29, 1.82) is 0 Å². The molecule has 0 radical (unpaired) electrons. The number of rotatable bonds is 6. The van der Waals surface area contributed by atoms with Gasteiger partial charge in [-0.1, -0.05) is 29.8 Å². The minimum absolute atomic E-state index is 0.148. The molecule has 1 saturated heterocycles. The van der Waals surface area contributed by atoms with Crippen molar-refractivity contribution in [3.63, 3.8) is 0 Å². The standard InChI is InChI=1S/C28H28ClN7O2/c29-22-6-2-5-21-23(9-16-38-24(21)22)32-26(37)19-3-1-4-20(17-19)34-28(10-14-31-15-11-28)27-33-25(35-36-27)18-7-12-30-13-8-18/h1-8,12-13,17,23,31,34H,9-11,14-16H2,(H,32,37)(H,33,35,36)/t23-/m0/s1. The number of carbonyl (C=O) groups excluding carboxylic acids is 1. The predicted octanol–water partition coefficient (Wildman–Crippen LogP) is 4.46. The Kier molecular flexibility index (Phi) is 6.70. The van der Waals surface area contributed by atoms with Gasteiger partial charge in [0.1, 0.15) is 5.75 Å². The van der Waals surface area contributed by atoms with Gasteiger partial charge in [0.05, 0.1) is 23.2 Å². The number of nitrogens with one attached hydrogen (secondary N) is 4. The van der Waals surface area contributed by atoms with E-state index in [1.807, 2.05) is 48.5 Å².